The SMILES string of the molecule is CC[C@@H]1CCCC[NH+]1Cc1c(O)ccc2oc(C)c(C(=O)NC3CCCC3)c12. The van der Waals surface area contributed by atoms with Crippen LogP contribution in [0.25, 0.3) is 11.0 Å². The number of hydrogen-bond acceptors (Lipinski definition) is 3. The molecule has 0 radical (unpaired) electrons. The van der Waals surface area contributed by atoms with Gasteiger partial charge in [-0.15, -0.1) is 0 Å². The van der Waals surface area contributed by atoms with Crippen LogP contribution < -0.4 is 10.2 Å². The van der Waals surface area contributed by atoms with Gasteiger partial charge in [0.15, 0.2) is 0 Å². The molecule has 3 N–H and O–H groups in total. The molecule has 2 atom stereocenters. The van der Waals surface area contributed by atoms with Crippen molar-refractivity contribution in [1.29, 1.82) is 0 Å². The Kier molecular flexibility index (Phi) is 5.63. The van der Waals surface area contributed by atoms with E-state index >= 15 is 0 Å². The number of carbonyl (C=O) groups is 1. The normalized spacial score (nSPS) is 23.4. The lowest BCUT2D eigenvalue weighted by molar-refractivity contribution is -0.943. The fourth-order valence-electron chi connectivity index (χ4n) is 5.25. The first-order valence-corrected chi connectivity index (χ1v) is 11.0. The first-order chi connectivity index (χ1) is 13.6. The van der Waals surface area contributed by atoms with Crippen molar-refractivity contribution >= 4 is 16.9 Å². The van der Waals surface area contributed by atoms with E-state index in [0.29, 0.717) is 22.9 Å². The van der Waals surface area contributed by atoms with Crippen molar-refractivity contribution in [1.82, 2.24) is 5.32 Å². The molecule has 28 heavy (non-hydrogen) atoms. The Morgan fingerprint density at radius 1 is 1.21 bits per heavy atom. The molecule has 2 fully saturated rings. The molecule has 1 aromatic heterocycles. The van der Waals surface area contributed by atoms with Gasteiger partial charge in [-0.3, -0.25) is 4.79 Å². The van der Waals surface area contributed by atoms with Crippen LogP contribution in [0.1, 0.15) is 80.0 Å². The number of amides is 1. The fourth-order valence-corrected chi connectivity index (χ4v) is 5.25. The molecule has 4 rings (SSSR count). The van der Waals surface area contributed by atoms with Crippen molar-refractivity contribution in [2.24, 2.45) is 0 Å². The van der Waals surface area contributed by atoms with E-state index in [2.05, 4.69) is 12.2 Å². The summed E-state index contributed by atoms with van der Waals surface area (Å²) in [5.41, 5.74) is 2.17. The van der Waals surface area contributed by atoms with Gasteiger partial charge in [-0.1, -0.05) is 19.8 Å². The Balaban J connectivity index is 1.71. The van der Waals surface area contributed by atoms with E-state index < -0.39 is 0 Å². The maximum atomic E-state index is 13.1. The number of nitrogens with one attached hydrogen (secondary N) is 2. The number of benzene rings is 1. The zero-order valence-electron chi connectivity index (χ0n) is 17.1. The summed E-state index contributed by atoms with van der Waals surface area (Å²) in [4.78, 5) is 14.6. The zero-order valence-corrected chi connectivity index (χ0v) is 17.1. The monoisotopic (exact) mass is 385 g/mol. The summed E-state index contributed by atoms with van der Waals surface area (Å²) in [6, 6.07) is 4.38. The summed E-state index contributed by atoms with van der Waals surface area (Å²) in [6.45, 7) is 5.96. The third-order valence-corrected chi connectivity index (χ3v) is 6.81. The standard InChI is InChI=1S/C23H32N2O3/c1-3-17-10-6-7-13-25(17)14-18-19(26)11-12-20-22(18)21(15(2)28-20)23(27)24-16-8-4-5-9-16/h11-12,16-17,26H,3-10,13-14H2,1-2H3,(H,24,27)/p+1/t17-/m1/s1. The van der Waals surface area contributed by atoms with Crippen LogP contribution in [0.5, 0.6) is 5.75 Å². The number of hydrogen-bond donors (Lipinski definition) is 3. The maximum absolute atomic E-state index is 13.1. The number of aromatic hydroxyl groups is 1. The van der Waals surface area contributed by atoms with Crippen LogP contribution in [0.3, 0.4) is 0 Å². The lowest BCUT2D eigenvalue weighted by Crippen LogP contribution is -3.15. The number of quaternary nitrogens is 1. The van der Waals surface area contributed by atoms with Crippen LogP contribution in [-0.2, 0) is 6.54 Å². The number of aryl methyl sites for hydroxylation is 1. The second-order valence-electron chi connectivity index (χ2n) is 8.61. The molecule has 0 spiro atoms. The van der Waals surface area contributed by atoms with E-state index in [0.717, 1.165) is 43.3 Å². The number of furan rings is 1. The highest BCUT2D eigenvalue weighted by Crippen LogP contribution is 2.34. The van der Waals surface area contributed by atoms with E-state index in [1.54, 1.807) is 12.1 Å². The molecule has 1 saturated heterocycles. The van der Waals surface area contributed by atoms with Gasteiger partial charge in [-0.2, -0.15) is 0 Å². The molecular weight excluding hydrogens is 352 g/mol. The highest BCUT2D eigenvalue weighted by Gasteiger charge is 2.30. The van der Waals surface area contributed by atoms with Crippen molar-refractivity contribution in [3.05, 3.63) is 29.0 Å². The zero-order chi connectivity index (χ0) is 19.7. The van der Waals surface area contributed by atoms with Crippen molar-refractivity contribution in [3.8, 4) is 5.75 Å². The van der Waals surface area contributed by atoms with Gasteiger partial charge in [0, 0.05) is 11.4 Å². The molecule has 1 aromatic carbocycles. The van der Waals surface area contributed by atoms with E-state index in [1.165, 1.54) is 37.0 Å². The summed E-state index contributed by atoms with van der Waals surface area (Å²) in [6.07, 6.45) is 9.36. The smallest absolute Gasteiger partial charge is 0.255 e. The van der Waals surface area contributed by atoms with Crippen molar-refractivity contribution in [3.63, 3.8) is 0 Å². The predicted molar refractivity (Wildman–Crippen MR) is 110 cm³/mol. The number of carbonyl (C=O) groups excluding carboxylic acids is 1. The van der Waals surface area contributed by atoms with E-state index in [-0.39, 0.29) is 17.7 Å². The molecule has 5 heteroatoms. The first kappa shape index (κ1) is 19.3. The molecule has 2 aliphatic rings. The average Bonchev–Trinajstić information content (AvgIpc) is 3.31. The Morgan fingerprint density at radius 2 is 1.96 bits per heavy atom. The topological polar surface area (TPSA) is 66.9 Å². The molecule has 2 heterocycles. The molecule has 1 aliphatic carbocycles. The maximum Gasteiger partial charge on any atom is 0.255 e. The predicted octanol–water partition coefficient (Wildman–Crippen LogP) is 3.47. The molecule has 1 aliphatic heterocycles. The molecular formula is C23H33N2O3+. The van der Waals surface area contributed by atoms with Crippen molar-refractivity contribution in [2.75, 3.05) is 6.54 Å². The van der Waals surface area contributed by atoms with Crippen LogP contribution in [0.15, 0.2) is 16.5 Å². The fraction of sp³-hybridized carbons (Fsp3) is 0.609. The van der Waals surface area contributed by atoms with Gasteiger partial charge in [-0.05, 0) is 57.6 Å². The van der Waals surface area contributed by atoms with Crippen LogP contribution in [0.4, 0.5) is 0 Å². The lowest BCUT2D eigenvalue weighted by Gasteiger charge is -2.32. The van der Waals surface area contributed by atoms with E-state index in [9.17, 15) is 9.90 Å². The van der Waals surface area contributed by atoms with Gasteiger partial charge in [-0.25, -0.2) is 0 Å². The van der Waals surface area contributed by atoms with Gasteiger partial charge in [0.05, 0.1) is 23.7 Å². The Labute approximate surface area is 167 Å². The lowest BCUT2D eigenvalue weighted by atomic mass is 9.97. The second kappa shape index (κ2) is 8.16. The van der Waals surface area contributed by atoms with Gasteiger partial charge >= 0.3 is 0 Å². The van der Waals surface area contributed by atoms with Crippen molar-refractivity contribution < 1.29 is 19.2 Å². The van der Waals surface area contributed by atoms with Gasteiger partial charge in [0.1, 0.15) is 23.6 Å². The summed E-state index contributed by atoms with van der Waals surface area (Å²) in [7, 11) is 0. The first-order valence-electron chi connectivity index (χ1n) is 11.0. The summed E-state index contributed by atoms with van der Waals surface area (Å²) >= 11 is 0. The van der Waals surface area contributed by atoms with Crippen LogP contribution >= 0.6 is 0 Å². The molecule has 1 unspecified atom stereocenters. The molecule has 1 saturated carbocycles. The molecule has 0 bridgehead atoms. The second-order valence-corrected chi connectivity index (χ2v) is 8.61. The third kappa shape index (κ3) is 3.64. The van der Waals surface area contributed by atoms with Crippen LogP contribution in [-0.4, -0.2) is 29.6 Å². The quantitative estimate of drug-likeness (QED) is 0.738. The highest BCUT2D eigenvalue weighted by atomic mass is 16.3. The molecule has 1 amide bonds. The van der Waals surface area contributed by atoms with Gasteiger partial charge in [0.2, 0.25) is 0 Å². The number of phenols is 1. The summed E-state index contributed by atoms with van der Waals surface area (Å²) in [5.74, 6) is 0.852. The minimum Gasteiger partial charge on any atom is -0.507 e. The Morgan fingerprint density at radius 3 is 2.71 bits per heavy atom. The number of likely N-dealkylation sites (tertiary alicyclic amines) is 1. The van der Waals surface area contributed by atoms with Crippen LogP contribution in [0, 0.1) is 6.92 Å². The molecule has 2 aromatic rings. The Hall–Kier alpha value is -2.01. The minimum absolute atomic E-state index is 0.0596. The minimum atomic E-state index is -0.0596. The van der Waals surface area contributed by atoms with Gasteiger partial charge < -0.3 is 19.7 Å². The number of rotatable bonds is 5. The van der Waals surface area contributed by atoms with Gasteiger partial charge in [0.25, 0.3) is 5.91 Å². The molecule has 5 nitrogen and oxygen atoms in total. The number of phenolic OH excluding ortho intramolecular Hbond substituents is 1. The van der Waals surface area contributed by atoms with E-state index in [1.807, 2.05) is 6.92 Å². The average molecular weight is 386 g/mol. The third-order valence-electron chi connectivity index (χ3n) is 6.81. The highest BCUT2D eigenvalue weighted by molar-refractivity contribution is 6.09. The molecule has 152 valence electrons. The largest absolute Gasteiger partial charge is 0.507 e. The summed E-state index contributed by atoms with van der Waals surface area (Å²) in [5, 5.41) is 14.7. The number of fused-ring (bicyclic) bond motifs is 1. The number of piperidine rings is 1. The Bertz CT molecular complexity index is 851. The van der Waals surface area contributed by atoms with Crippen molar-refractivity contribution in [2.45, 2.75) is 83.8 Å². The summed E-state index contributed by atoms with van der Waals surface area (Å²) < 4.78 is 5.94. The van der Waals surface area contributed by atoms with E-state index in [4.69, 9.17) is 4.42 Å². The van der Waals surface area contributed by atoms with Crippen LogP contribution in [0.2, 0.25) is 0 Å².